The van der Waals surface area contributed by atoms with Crippen molar-refractivity contribution in [3.8, 4) is 0 Å². The number of benzene rings is 1. The Hall–Kier alpha value is -1.76. The van der Waals surface area contributed by atoms with Crippen LogP contribution in [0.15, 0.2) is 48.2 Å². The zero-order valence-corrected chi connectivity index (χ0v) is 9.24. The van der Waals surface area contributed by atoms with Crippen molar-refractivity contribution in [2.45, 2.75) is 12.8 Å². The fourth-order valence-electron chi connectivity index (χ4n) is 2.28. The van der Waals surface area contributed by atoms with Gasteiger partial charge in [0, 0.05) is 17.8 Å². The average molecular weight is 209 g/mol. The van der Waals surface area contributed by atoms with Crippen molar-refractivity contribution in [1.82, 2.24) is 5.32 Å². The summed E-state index contributed by atoms with van der Waals surface area (Å²) < 4.78 is 0. The standard InChI is InChI=1S/C15H15N/c1-2-6-10-16-15-11-12-7-4-5-8-13(12)14(15)9-3-1/h1,3-5,7-9,11,16H,2,6,10H2/b3-1-,14-9-. The highest BCUT2D eigenvalue weighted by atomic mass is 14.9. The van der Waals surface area contributed by atoms with E-state index in [1.807, 2.05) is 0 Å². The molecule has 0 fully saturated rings. The molecule has 0 radical (unpaired) electrons. The maximum absolute atomic E-state index is 3.52. The van der Waals surface area contributed by atoms with Crippen LogP contribution in [0.5, 0.6) is 0 Å². The summed E-state index contributed by atoms with van der Waals surface area (Å²) in [6, 6.07) is 8.57. The van der Waals surface area contributed by atoms with Gasteiger partial charge in [0.05, 0.1) is 0 Å². The van der Waals surface area contributed by atoms with Crippen LogP contribution in [0.25, 0.3) is 11.6 Å². The molecule has 3 rings (SSSR count). The molecule has 1 heteroatoms. The number of allylic oxidation sites excluding steroid dienone is 4. The highest BCUT2D eigenvalue weighted by Gasteiger charge is 2.17. The minimum Gasteiger partial charge on any atom is -0.385 e. The molecule has 1 nitrogen and oxygen atoms in total. The first-order chi connectivity index (χ1) is 7.95. The van der Waals surface area contributed by atoms with E-state index in [9.17, 15) is 0 Å². The summed E-state index contributed by atoms with van der Waals surface area (Å²) in [5.41, 5.74) is 5.27. The van der Waals surface area contributed by atoms with E-state index in [2.05, 4.69) is 53.9 Å². The van der Waals surface area contributed by atoms with Crippen molar-refractivity contribution in [2.75, 3.05) is 6.54 Å². The first-order valence-corrected chi connectivity index (χ1v) is 5.87. The predicted molar refractivity (Wildman–Crippen MR) is 68.8 cm³/mol. The van der Waals surface area contributed by atoms with Crippen LogP contribution in [0, 0.1) is 0 Å². The lowest BCUT2D eigenvalue weighted by molar-refractivity contribution is 0.754. The number of nitrogens with one attached hydrogen (secondary N) is 1. The molecule has 0 saturated heterocycles. The van der Waals surface area contributed by atoms with Crippen LogP contribution in [-0.2, 0) is 0 Å². The third-order valence-corrected chi connectivity index (χ3v) is 3.10. The summed E-state index contributed by atoms with van der Waals surface area (Å²) in [6.07, 6.45) is 11.3. The van der Waals surface area contributed by atoms with E-state index in [1.165, 1.54) is 28.8 Å². The summed E-state index contributed by atoms with van der Waals surface area (Å²) in [5.74, 6) is 0. The van der Waals surface area contributed by atoms with Crippen molar-refractivity contribution >= 4 is 11.6 Å². The van der Waals surface area contributed by atoms with Crippen molar-refractivity contribution in [3.05, 3.63) is 59.3 Å². The van der Waals surface area contributed by atoms with Crippen molar-refractivity contribution in [2.24, 2.45) is 0 Å². The lowest BCUT2D eigenvalue weighted by Crippen LogP contribution is -2.13. The molecule has 0 saturated carbocycles. The molecule has 16 heavy (non-hydrogen) atoms. The average Bonchev–Trinajstić information content (AvgIpc) is 2.69. The maximum atomic E-state index is 3.52. The topological polar surface area (TPSA) is 12.0 Å². The summed E-state index contributed by atoms with van der Waals surface area (Å²) in [7, 11) is 0. The van der Waals surface area contributed by atoms with E-state index < -0.39 is 0 Å². The minimum atomic E-state index is 1.06. The summed E-state index contributed by atoms with van der Waals surface area (Å²) >= 11 is 0. The van der Waals surface area contributed by atoms with Crippen LogP contribution in [0.4, 0.5) is 0 Å². The van der Waals surface area contributed by atoms with E-state index in [4.69, 9.17) is 0 Å². The normalized spacial score (nSPS) is 23.5. The third-order valence-electron chi connectivity index (χ3n) is 3.10. The molecular weight excluding hydrogens is 194 g/mol. The Labute approximate surface area is 96.2 Å². The van der Waals surface area contributed by atoms with E-state index in [0.717, 1.165) is 13.0 Å². The number of hydrogen-bond donors (Lipinski definition) is 1. The summed E-state index contributed by atoms with van der Waals surface area (Å²) in [6.45, 7) is 1.06. The first-order valence-electron chi connectivity index (χ1n) is 5.87. The highest BCUT2D eigenvalue weighted by Crippen LogP contribution is 2.33. The predicted octanol–water partition coefficient (Wildman–Crippen LogP) is 3.36. The quantitative estimate of drug-likeness (QED) is 0.690. The second-order valence-electron chi connectivity index (χ2n) is 4.22. The summed E-state index contributed by atoms with van der Waals surface area (Å²) in [4.78, 5) is 0. The van der Waals surface area contributed by atoms with Gasteiger partial charge in [0.25, 0.3) is 0 Å². The zero-order valence-electron chi connectivity index (χ0n) is 9.24. The molecule has 1 aliphatic carbocycles. The van der Waals surface area contributed by atoms with Gasteiger partial charge in [-0.3, -0.25) is 0 Å². The molecule has 0 bridgehead atoms. The summed E-state index contributed by atoms with van der Waals surface area (Å²) in [5, 5.41) is 3.52. The third kappa shape index (κ3) is 1.58. The molecule has 1 aliphatic heterocycles. The molecule has 0 aromatic heterocycles. The fraction of sp³-hybridized carbons (Fsp3) is 0.200. The molecule has 1 aromatic rings. The lowest BCUT2D eigenvalue weighted by Gasteiger charge is -2.08. The van der Waals surface area contributed by atoms with Gasteiger partial charge in [-0.05, 0) is 30.0 Å². The largest absolute Gasteiger partial charge is 0.385 e. The Balaban J connectivity index is 2.08. The molecule has 0 amide bonds. The molecule has 1 N–H and O–H groups in total. The van der Waals surface area contributed by atoms with Gasteiger partial charge in [-0.2, -0.15) is 0 Å². The van der Waals surface area contributed by atoms with Crippen molar-refractivity contribution in [3.63, 3.8) is 0 Å². The van der Waals surface area contributed by atoms with Crippen LogP contribution in [0.1, 0.15) is 24.0 Å². The SMILES string of the molecule is C1=C2NCCC/C=C\C=C/2c2ccccc21. The fourth-order valence-corrected chi connectivity index (χ4v) is 2.28. The molecule has 0 atom stereocenters. The Morgan fingerprint density at radius 1 is 1.12 bits per heavy atom. The Kier molecular flexibility index (Phi) is 2.37. The lowest BCUT2D eigenvalue weighted by atomic mass is 10.1. The molecular formula is C15H15N. The van der Waals surface area contributed by atoms with E-state index in [-0.39, 0.29) is 0 Å². The Bertz CT molecular complexity index is 492. The van der Waals surface area contributed by atoms with Crippen LogP contribution in [0.3, 0.4) is 0 Å². The Morgan fingerprint density at radius 3 is 3.06 bits per heavy atom. The smallest absolute Gasteiger partial charge is 0.0426 e. The maximum Gasteiger partial charge on any atom is 0.0426 e. The zero-order chi connectivity index (χ0) is 10.8. The van der Waals surface area contributed by atoms with Gasteiger partial charge >= 0.3 is 0 Å². The van der Waals surface area contributed by atoms with Crippen LogP contribution in [-0.4, -0.2) is 6.54 Å². The van der Waals surface area contributed by atoms with Gasteiger partial charge < -0.3 is 5.32 Å². The van der Waals surface area contributed by atoms with Crippen LogP contribution < -0.4 is 5.32 Å². The first kappa shape index (κ1) is 9.46. The van der Waals surface area contributed by atoms with Crippen molar-refractivity contribution in [1.29, 1.82) is 0 Å². The molecule has 0 unspecified atom stereocenters. The van der Waals surface area contributed by atoms with Gasteiger partial charge in [0.2, 0.25) is 0 Å². The molecule has 0 spiro atoms. The van der Waals surface area contributed by atoms with Crippen LogP contribution in [0.2, 0.25) is 0 Å². The molecule has 1 heterocycles. The number of fused-ring (bicyclic) bond motifs is 3. The second-order valence-corrected chi connectivity index (χ2v) is 4.22. The minimum absolute atomic E-state index is 1.06. The second kappa shape index (κ2) is 4.01. The van der Waals surface area contributed by atoms with Crippen molar-refractivity contribution < 1.29 is 0 Å². The molecule has 2 aliphatic rings. The molecule has 80 valence electrons. The molecule has 1 aromatic carbocycles. The highest BCUT2D eigenvalue weighted by molar-refractivity contribution is 5.94. The Morgan fingerprint density at radius 2 is 2.06 bits per heavy atom. The van der Waals surface area contributed by atoms with Gasteiger partial charge in [-0.25, -0.2) is 0 Å². The van der Waals surface area contributed by atoms with E-state index in [0.29, 0.717) is 0 Å². The van der Waals surface area contributed by atoms with E-state index in [1.54, 1.807) is 0 Å². The van der Waals surface area contributed by atoms with Gasteiger partial charge in [-0.1, -0.05) is 42.5 Å². The number of rotatable bonds is 0. The van der Waals surface area contributed by atoms with E-state index >= 15 is 0 Å². The number of hydrogen-bond acceptors (Lipinski definition) is 1. The van der Waals surface area contributed by atoms with Gasteiger partial charge in [-0.15, -0.1) is 0 Å². The van der Waals surface area contributed by atoms with Gasteiger partial charge in [0.1, 0.15) is 0 Å². The van der Waals surface area contributed by atoms with Gasteiger partial charge in [0.15, 0.2) is 0 Å². The van der Waals surface area contributed by atoms with Crippen LogP contribution >= 0.6 is 0 Å². The monoisotopic (exact) mass is 209 g/mol.